The van der Waals surface area contributed by atoms with Crippen molar-refractivity contribution in [3.8, 4) is 11.8 Å². The standard InChI is InChI=1S/C24H17I2NO3/c1-15-3-2-4-16(9-15)14-30-23-21(25)11-17(12-22(23)26)10-20(13-27)18-5-7-19(8-6-18)24(28)29/h2-12H,14H2,1H3,(H,28,29)/b20-10-. The summed E-state index contributed by atoms with van der Waals surface area (Å²) in [5.41, 5.74) is 4.52. The Morgan fingerprint density at radius 3 is 2.27 bits per heavy atom. The van der Waals surface area contributed by atoms with Gasteiger partial charge in [-0.2, -0.15) is 5.26 Å². The van der Waals surface area contributed by atoms with Gasteiger partial charge in [0.2, 0.25) is 0 Å². The molecule has 0 bridgehead atoms. The first-order valence-corrected chi connectivity index (χ1v) is 11.2. The molecule has 150 valence electrons. The van der Waals surface area contributed by atoms with E-state index in [1.807, 2.05) is 24.3 Å². The van der Waals surface area contributed by atoms with Crippen molar-refractivity contribution in [2.24, 2.45) is 0 Å². The van der Waals surface area contributed by atoms with Gasteiger partial charge in [-0.25, -0.2) is 4.79 Å². The molecule has 3 aromatic rings. The molecule has 0 saturated carbocycles. The molecule has 0 aliphatic rings. The molecule has 0 amide bonds. The summed E-state index contributed by atoms with van der Waals surface area (Å²) in [7, 11) is 0. The molecule has 4 nitrogen and oxygen atoms in total. The Kier molecular flexibility index (Phi) is 7.50. The van der Waals surface area contributed by atoms with Crippen LogP contribution in [0.2, 0.25) is 0 Å². The third-order valence-electron chi connectivity index (χ3n) is 4.36. The van der Waals surface area contributed by atoms with Crippen molar-refractivity contribution in [1.29, 1.82) is 5.26 Å². The summed E-state index contributed by atoms with van der Waals surface area (Å²) in [5, 5.41) is 18.6. The summed E-state index contributed by atoms with van der Waals surface area (Å²) in [6, 6.07) is 20.6. The van der Waals surface area contributed by atoms with Crippen molar-refractivity contribution in [1.82, 2.24) is 0 Å². The smallest absolute Gasteiger partial charge is 0.335 e. The lowest BCUT2D eigenvalue weighted by Gasteiger charge is -2.12. The first kappa shape index (κ1) is 22.3. The van der Waals surface area contributed by atoms with E-state index in [1.54, 1.807) is 18.2 Å². The van der Waals surface area contributed by atoms with Crippen LogP contribution in [0.5, 0.6) is 5.75 Å². The van der Waals surface area contributed by atoms with Gasteiger partial charge in [-0.1, -0.05) is 42.0 Å². The van der Waals surface area contributed by atoms with Gasteiger partial charge in [-0.15, -0.1) is 0 Å². The Bertz CT molecular complexity index is 1140. The van der Waals surface area contributed by atoms with Gasteiger partial charge < -0.3 is 9.84 Å². The lowest BCUT2D eigenvalue weighted by molar-refractivity contribution is 0.0697. The van der Waals surface area contributed by atoms with Crippen LogP contribution < -0.4 is 4.74 Å². The van der Waals surface area contributed by atoms with E-state index in [4.69, 9.17) is 9.84 Å². The lowest BCUT2D eigenvalue weighted by atomic mass is 10.0. The lowest BCUT2D eigenvalue weighted by Crippen LogP contribution is -2.00. The Morgan fingerprint density at radius 1 is 1.07 bits per heavy atom. The maximum atomic E-state index is 11.0. The first-order valence-electron chi connectivity index (χ1n) is 9.00. The van der Waals surface area contributed by atoms with Crippen LogP contribution in [0.1, 0.15) is 32.6 Å². The number of carboxylic acids is 1. The van der Waals surface area contributed by atoms with E-state index < -0.39 is 5.97 Å². The highest BCUT2D eigenvalue weighted by Gasteiger charge is 2.11. The average Bonchev–Trinajstić information content (AvgIpc) is 2.71. The van der Waals surface area contributed by atoms with Gasteiger partial charge in [0, 0.05) is 0 Å². The van der Waals surface area contributed by atoms with E-state index in [0.29, 0.717) is 17.7 Å². The van der Waals surface area contributed by atoms with Crippen LogP contribution in [0.15, 0.2) is 60.7 Å². The van der Waals surface area contributed by atoms with E-state index in [9.17, 15) is 10.1 Å². The van der Waals surface area contributed by atoms with Crippen LogP contribution in [-0.2, 0) is 6.61 Å². The minimum atomic E-state index is -0.991. The van der Waals surface area contributed by atoms with Crippen molar-refractivity contribution in [3.05, 3.63) is 95.6 Å². The zero-order valence-corrected chi connectivity index (χ0v) is 20.3. The average molecular weight is 621 g/mol. The van der Waals surface area contributed by atoms with Crippen LogP contribution in [0.4, 0.5) is 0 Å². The van der Waals surface area contributed by atoms with Gasteiger partial charge in [0.1, 0.15) is 12.4 Å². The molecule has 1 N–H and O–H groups in total. The summed E-state index contributed by atoms with van der Waals surface area (Å²) in [6.07, 6.45) is 1.80. The van der Waals surface area contributed by atoms with Crippen molar-refractivity contribution in [2.75, 3.05) is 0 Å². The molecule has 0 aliphatic heterocycles. The van der Waals surface area contributed by atoms with Crippen molar-refractivity contribution in [2.45, 2.75) is 13.5 Å². The highest BCUT2D eigenvalue weighted by atomic mass is 127. The maximum Gasteiger partial charge on any atom is 0.335 e. The zero-order chi connectivity index (χ0) is 21.7. The summed E-state index contributed by atoms with van der Waals surface area (Å²) < 4.78 is 7.97. The number of allylic oxidation sites excluding steroid dienone is 1. The molecule has 0 aromatic heterocycles. The largest absolute Gasteiger partial charge is 0.487 e. The zero-order valence-electron chi connectivity index (χ0n) is 16.0. The van der Waals surface area contributed by atoms with Crippen LogP contribution >= 0.6 is 45.2 Å². The molecule has 30 heavy (non-hydrogen) atoms. The molecular weight excluding hydrogens is 604 g/mol. The molecule has 0 atom stereocenters. The molecule has 0 aliphatic carbocycles. The minimum absolute atomic E-state index is 0.190. The monoisotopic (exact) mass is 621 g/mol. The molecule has 0 heterocycles. The van der Waals surface area contributed by atoms with Crippen LogP contribution in [0.3, 0.4) is 0 Å². The van der Waals surface area contributed by atoms with E-state index in [1.165, 1.54) is 17.7 Å². The predicted molar refractivity (Wildman–Crippen MR) is 134 cm³/mol. The molecule has 0 spiro atoms. The number of hydrogen-bond acceptors (Lipinski definition) is 3. The number of nitriles is 1. The van der Waals surface area contributed by atoms with Crippen LogP contribution in [-0.4, -0.2) is 11.1 Å². The number of nitrogens with zero attached hydrogens (tertiary/aromatic N) is 1. The number of rotatable bonds is 6. The van der Waals surface area contributed by atoms with E-state index in [-0.39, 0.29) is 5.56 Å². The van der Waals surface area contributed by atoms with Crippen LogP contribution in [0.25, 0.3) is 11.6 Å². The second-order valence-electron chi connectivity index (χ2n) is 6.64. The number of aromatic carboxylic acids is 1. The Balaban J connectivity index is 1.84. The number of benzene rings is 3. The number of hydrogen-bond donors (Lipinski definition) is 1. The summed E-state index contributed by atoms with van der Waals surface area (Å²) in [6.45, 7) is 2.54. The van der Waals surface area contributed by atoms with Gasteiger partial charge in [-0.05, 0) is 99.1 Å². The molecule has 0 saturated heterocycles. The second-order valence-corrected chi connectivity index (χ2v) is 8.97. The van der Waals surface area contributed by atoms with Gasteiger partial charge in [-0.3, -0.25) is 0 Å². The molecular formula is C24H17I2NO3. The van der Waals surface area contributed by atoms with Crippen molar-refractivity contribution >= 4 is 62.8 Å². The normalized spacial score (nSPS) is 11.1. The fraction of sp³-hybridized carbons (Fsp3) is 0.0833. The molecule has 6 heteroatoms. The fourth-order valence-corrected chi connectivity index (χ4v) is 5.03. The molecule has 3 rings (SSSR count). The highest BCUT2D eigenvalue weighted by molar-refractivity contribution is 14.1. The topological polar surface area (TPSA) is 70.3 Å². The Hall–Kier alpha value is -2.38. The third-order valence-corrected chi connectivity index (χ3v) is 5.96. The Labute approximate surface area is 202 Å². The predicted octanol–water partition coefficient (Wildman–Crippen LogP) is 6.55. The number of carbonyl (C=O) groups is 1. The number of carboxylic acid groups (broad SMARTS) is 1. The van der Waals surface area contributed by atoms with E-state index in [2.05, 4.69) is 70.3 Å². The Morgan fingerprint density at radius 2 is 1.70 bits per heavy atom. The molecule has 0 unspecified atom stereocenters. The van der Waals surface area contributed by atoms with Gasteiger partial charge in [0.25, 0.3) is 0 Å². The minimum Gasteiger partial charge on any atom is -0.487 e. The van der Waals surface area contributed by atoms with Gasteiger partial charge in [0.15, 0.2) is 0 Å². The van der Waals surface area contributed by atoms with Gasteiger partial charge >= 0.3 is 5.97 Å². The summed E-state index contributed by atoms with van der Waals surface area (Å²) >= 11 is 4.48. The number of ether oxygens (including phenoxy) is 1. The molecule has 3 aromatic carbocycles. The summed E-state index contributed by atoms with van der Waals surface area (Å²) in [4.78, 5) is 11.0. The third kappa shape index (κ3) is 5.61. The van der Waals surface area contributed by atoms with Crippen molar-refractivity contribution in [3.63, 3.8) is 0 Å². The molecule has 0 fully saturated rings. The van der Waals surface area contributed by atoms with Crippen LogP contribution in [0, 0.1) is 25.4 Å². The number of halogens is 2. The summed E-state index contributed by atoms with van der Waals surface area (Å²) in [5.74, 6) is -0.173. The van der Waals surface area contributed by atoms with E-state index in [0.717, 1.165) is 24.0 Å². The molecule has 0 radical (unpaired) electrons. The second kappa shape index (κ2) is 10.1. The quantitative estimate of drug-likeness (QED) is 0.193. The fourth-order valence-electron chi connectivity index (χ4n) is 2.90. The van der Waals surface area contributed by atoms with E-state index >= 15 is 0 Å². The van der Waals surface area contributed by atoms with Gasteiger partial charge in [0.05, 0.1) is 24.3 Å². The van der Waals surface area contributed by atoms with Crippen molar-refractivity contribution < 1.29 is 14.6 Å². The SMILES string of the molecule is Cc1cccc(COc2c(I)cc(/C=C(/C#N)c3ccc(C(=O)O)cc3)cc2I)c1. The number of aryl methyl sites for hydroxylation is 1. The highest BCUT2D eigenvalue weighted by Crippen LogP contribution is 2.31. The first-order chi connectivity index (χ1) is 14.4. The maximum absolute atomic E-state index is 11.0.